The Bertz CT molecular complexity index is 634. The molecule has 0 aliphatic rings. The number of hydrogen-bond acceptors (Lipinski definition) is 4. The van der Waals surface area contributed by atoms with Gasteiger partial charge in [0.05, 0.1) is 12.7 Å². The van der Waals surface area contributed by atoms with Crippen molar-refractivity contribution in [2.24, 2.45) is 0 Å². The number of rotatable bonds is 2. The maximum atomic E-state index is 12.4. The van der Waals surface area contributed by atoms with E-state index in [9.17, 15) is 18.0 Å². The minimum atomic E-state index is -4.71. The van der Waals surface area contributed by atoms with Crippen molar-refractivity contribution < 1.29 is 27.1 Å². The van der Waals surface area contributed by atoms with E-state index in [4.69, 9.17) is 11.6 Å². The van der Waals surface area contributed by atoms with Gasteiger partial charge in [-0.15, -0.1) is 0 Å². The molecule has 0 saturated heterocycles. The molecule has 20 heavy (non-hydrogen) atoms. The molecule has 8 heteroatoms. The number of halogens is 4. The lowest BCUT2D eigenvalue weighted by atomic mass is 10.1. The van der Waals surface area contributed by atoms with E-state index in [0.717, 1.165) is 0 Å². The maximum Gasteiger partial charge on any atom is 0.469 e. The van der Waals surface area contributed by atoms with Gasteiger partial charge in [-0.3, -0.25) is 0 Å². The molecular weight excluding hydrogens is 299 g/mol. The number of aromatic nitrogens is 1. The summed E-state index contributed by atoms with van der Waals surface area (Å²) >= 11 is 5.59. The number of hydrogen-bond donors (Lipinski definition) is 0. The highest BCUT2D eigenvalue weighted by molar-refractivity contribution is 6.31. The summed E-state index contributed by atoms with van der Waals surface area (Å²) in [4.78, 5) is 14.5. The maximum absolute atomic E-state index is 12.4. The molecule has 106 valence electrons. The first-order valence-corrected chi connectivity index (χ1v) is 5.63. The first-order chi connectivity index (χ1) is 9.32. The molecule has 1 aromatic heterocycles. The zero-order chi connectivity index (χ0) is 14.9. The molecular formula is C12H7ClF3NO3. The molecule has 0 aliphatic carbocycles. The molecule has 0 fully saturated rings. The summed E-state index contributed by atoms with van der Waals surface area (Å²) in [7, 11) is 1.22. The Morgan fingerprint density at radius 3 is 2.35 bits per heavy atom. The standard InChI is InChI=1S/C12H7ClF3NO3/c1-19-10(18)7-4-2-6(3-5-7)8-9(13)20-11(17-8)12(14,15)16/h2-5H,1H3. The minimum absolute atomic E-state index is 0.143. The summed E-state index contributed by atoms with van der Waals surface area (Å²) in [5, 5.41) is -0.469. The van der Waals surface area contributed by atoms with Crippen molar-refractivity contribution >= 4 is 17.6 Å². The van der Waals surface area contributed by atoms with Gasteiger partial charge in [0.2, 0.25) is 5.22 Å². The van der Waals surface area contributed by atoms with Gasteiger partial charge in [-0.1, -0.05) is 12.1 Å². The number of methoxy groups -OCH3 is 1. The molecule has 0 saturated carbocycles. The van der Waals surface area contributed by atoms with E-state index in [1.54, 1.807) is 0 Å². The summed E-state index contributed by atoms with van der Waals surface area (Å²) in [6, 6.07) is 5.57. The second-order valence-corrected chi connectivity index (χ2v) is 4.05. The van der Waals surface area contributed by atoms with Gasteiger partial charge < -0.3 is 9.15 Å². The smallest absolute Gasteiger partial charge is 0.465 e. The quantitative estimate of drug-likeness (QED) is 0.792. The Morgan fingerprint density at radius 2 is 1.90 bits per heavy atom. The highest BCUT2D eigenvalue weighted by Crippen LogP contribution is 2.35. The van der Waals surface area contributed by atoms with Crippen LogP contribution in [0.5, 0.6) is 0 Å². The summed E-state index contributed by atoms with van der Waals surface area (Å²) in [5.41, 5.74) is 0.407. The zero-order valence-electron chi connectivity index (χ0n) is 9.99. The third-order valence-corrected chi connectivity index (χ3v) is 2.66. The number of oxazole rings is 1. The molecule has 1 aromatic carbocycles. The third-order valence-electron chi connectivity index (χ3n) is 2.41. The molecule has 2 aromatic rings. The van der Waals surface area contributed by atoms with Gasteiger partial charge in [0.1, 0.15) is 5.69 Å². The van der Waals surface area contributed by atoms with Gasteiger partial charge in [0.25, 0.3) is 0 Å². The Balaban J connectivity index is 2.37. The van der Waals surface area contributed by atoms with E-state index in [2.05, 4.69) is 14.1 Å². The number of esters is 1. The van der Waals surface area contributed by atoms with Crippen molar-refractivity contribution in [1.29, 1.82) is 0 Å². The van der Waals surface area contributed by atoms with Crippen molar-refractivity contribution in [3.63, 3.8) is 0 Å². The molecule has 0 unspecified atom stereocenters. The summed E-state index contributed by atoms with van der Waals surface area (Å²) in [6.45, 7) is 0. The van der Waals surface area contributed by atoms with E-state index in [1.807, 2.05) is 0 Å². The predicted octanol–water partition coefficient (Wildman–Crippen LogP) is 3.80. The molecule has 0 N–H and O–H groups in total. The fourth-order valence-electron chi connectivity index (χ4n) is 1.48. The fourth-order valence-corrected chi connectivity index (χ4v) is 1.71. The van der Waals surface area contributed by atoms with Crippen LogP contribution in [0.15, 0.2) is 28.7 Å². The second-order valence-electron chi connectivity index (χ2n) is 3.71. The average molecular weight is 306 g/mol. The molecule has 1 heterocycles. The Kier molecular flexibility index (Phi) is 3.71. The minimum Gasteiger partial charge on any atom is -0.465 e. The molecule has 2 rings (SSSR count). The van der Waals surface area contributed by atoms with Crippen LogP contribution in [0.25, 0.3) is 11.3 Å². The van der Waals surface area contributed by atoms with Crippen molar-refractivity contribution in [3.8, 4) is 11.3 Å². The van der Waals surface area contributed by atoms with Crippen molar-refractivity contribution in [3.05, 3.63) is 40.9 Å². The largest absolute Gasteiger partial charge is 0.469 e. The number of benzene rings is 1. The third kappa shape index (κ3) is 2.77. The van der Waals surface area contributed by atoms with Crippen molar-refractivity contribution in [1.82, 2.24) is 4.98 Å². The molecule has 0 radical (unpaired) electrons. The Morgan fingerprint density at radius 1 is 1.30 bits per heavy atom. The van der Waals surface area contributed by atoms with Gasteiger partial charge in [-0.25, -0.2) is 9.78 Å². The molecule has 0 amide bonds. The van der Waals surface area contributed by atoms with E-state index in [-0.39, 0.29) is 11.3 Å². The number of carbonyl (C=O) groups excluding carboxylic acids is 1. The van der Waals surface area contributed by atoms with E-state index in [1.165, 1.54) is 31.4 Å². The lowest BCUT2D eigenvalue weighted by molar-refractivity contribution is -0.157. The van der Waals surface area contributed by atoms with Crippen LogP contribution in [-0.2, 0) is 10.9 Å². The number of nitrogens with zero attached hydrogens (tertiary/aromatic N) is 1. The molecule has 0 atom stereocenters. The average Bonchev–Trinajstić information content (AvgIpc) is 2.80. The van der Waals surface area contributed by atoms with Gasteiger partial charge in [-0.05, 0) is 23.7 Å². The van der Waals surface area contributed by atoms with Crippen LogP contribution in [-0.4, -0.2) is 18.1 Å². The van der Waals surface area contributed by atoms with Crippen molar-refractivity contribution in [2.45, 2.75) is 6.18 Å². The van der Waals surface area contributed by atoms with Crippen LogP contribution in [0.2, 0.25) is 5.22 Å². The van der Waals surface area contributed by atoms with Crippen LogP contribution in [0, 0.1) is 0 Å². The molecule has 0 spiro atoms. The highest BCUT2D eigenvalue weighted by atomic mass is 35.5. The lowest BCUT2D eigenvalue weighted by Crippen LogP contribution is -2.04. The summed E-state index contributed by atoms with van der Waals surface area (Å²) < 4.78 is 46.2. The van der Waals surface area contributed by atoms with E-state index in [0.29, 0.717) is 5.56 Å². The Hall–Kier alpha value is -2.02. The first kappa shape index (κ1) is 14.4. The summed E-state index contributed by atoms with van der Waals surface area (Å²) in [5.74, 6) is -1.98. The molecule has 0 aliphatic heterocycles. The van der Waals surface area contributed by atoms with Gasteiger partial charge >= 0.3 is 18.0 Å². The molecule has 4 nitrogen and oxygen atoms in total. The first-order valence-electron chi connectivity index (χ1n) is 5.25. The highest BCUT2D eigenvalue weighted by Gasteiger charge is 2.38. The number of carbonyl (C=O) groups is 1. The van der Waals surface area contributed by atoms with Crippen LogP contribution in [0.4, 0.5) is 13.2 Å². The monoisotopic (exact) mass is 305 g/mol. The molecule has 0 bridgehead atoms. The SMILES string of the molecule is COC(=O)c1ccc(-c2nc(C(F)(F)F)oc2Cl)cc1. The Labute approximate surface area is 116 Å². The van der Waals surface area contributed by atoms with Crippen LogP contribution >= 0.6 is 11.6 Å². The van der Waals surface area contributed by atoms with Crippen LogP contribution < -0.4 is 0 Å². The summed E-state index contributed by atoms with van der Waals surface area (Å²) in [6.07, 6.45) is -4.71. The fraction of sp³-hybridized carbons (Fsp3) is 0.167. The second kappa shape index (κ2) is 5.16. The van der Waals surface area contributed by atoms with E-state index < -0.39 is 23.3 Å². The normalized spacial score (nSPS) is 11.4. The van der Waals surface area contributed by atoms with Crippen molar-refractivity contribution in [2.75, 3.05) is 7.11 Å². The van der Waals surface area contributed by atoms with Crippen LogP contribution in [0.3, 0.4) is 0 Å². The van der Waals surface area contributed by atoms with Gasteiger partial charge in [-0.2, -0.15) is 13.2 Å². The van der Waals surface area contributed by atoms with Crippen LogP contribution in [0.1, 0.15) is 16.2 Å². The number of ether oxygens (including phenoxy) is 1. The predicted molar refractivity (Wildman–Crippen MR) is 63.3 cm³/mol. The lowest BCUT2D eigenvalue weighted by Gasteiger charge is -2.00. The zero-order valence-corrected chi connectivity index (χ0v) is 10.7. The van der Waals surface area contributed by atoms with Gasteiger partial charge in [0.15, 0.2) is 0 Å². The van der Waals surface area contributed by atoms with Gasteiger partial charge in [0, 0.05) is 5.56 Å². The number of alkyl halides is 3. The topological polar surface area (TPSA) is 52.3 Å². The van der Waals surface area contributed by atoms with E-state index >= 15 is 0 Å².